The fourth-order valence-electron chi connectivity index (χ4n) is 5.21. The standard InChI is InChI=1S/C20H26BN10O12P2/c21-44(35)38-1-6-10(32)13(19(40-6)31-5-27-9-16(31)28-20(23)29-17(9)34)43-45(36,37)39-2-7-12(42-44)11(33)18(41-7)30-4-26-8-14(22)24-3-25-15(8)30/h3-7,10-13,18-19,32-33H,1-2H2,21H3,(H,36,37)(H2,22,24,25)(H3,23,28,29,34)/q-1/t6-,7-,10+,11+,12?,13?,18-,19-,44?/m1/s1. The molecule has 10 atom stereocenters. The van der Waals surface area contributed by atoms with Crippen LogP contribution in [0.25, 0.3) is 22.3 Å². The van der Waals surface area contributed by atoms with Gasteiger partial charge in [0.25, 0.3) is 5.56 Å². The van der Waals surface area contributed by atoms with E-state index in [1.165, 1.54) is 21.8 Å². The summed E-state index contributed by atoms with van der Waals surface area (Å²) in [7, 11) is -10.1. The predicted octanol–water partition coefficient (Wildman–Crippen LogP) is -2.97. The van der Waals surface area contributed by atoms with Crippen LogP contribution in [0.15, 0.2) is 23.8 Å². The maximum Gasteiger partial charge on any atom is 0.472 e. The summed E-state index contributed by atoms with van der Waals surface area (Å²) in [5, 5.41) is 22.4. The Bertz CT molecular complexity index is 1940. The van der Waals surface area contributed by atoms with Crippen LogP contribution in [0.5, 0.6) is 0 Å². The Morgan fingerprint density at radius 3 is 2.36 bits per heavy atom. The summed E-state index contributed by atoms with van der Waals surface area (Å²) in [6.45, 7) is -1.20. The lowest BCUT2D eigenvalue weighted by Gasteiger charge is -2.29. The van der Waals surface area contributed by atoms with E-state index in [1.54, 1.807) is 0 Å². The fourth-order valence-corrected chi connectivity index (χ4v) is 6.93. The minimum atomic E-state index is -5.04. The maximum atomic E-state index is 13.6. The molecule has 8 N–H and O–H groups in total. The summed E-state index contributed by atoms with van der Waals surface area (Å²) in [4.78, 5) is 45.6. The SMILES string of the molecule is [BH3-]P1(=O)OC[C@H]2O[C@@H](n3cnc4c(=O)[nH]c(N)nc43)C(OP(=O)(O)OC[C@H]3O[C@@H](n4cnc5c(N)ncnc54)[C@@H](O)C3O1)[C@H]2O. The van der Waals surface area contributed by atoms with E-state index in [9.17, 15) is 29.0 Å². The average Bonchev–Trinajstić information content (AvgIpc) is 3.72. The molecule has 0 aromatic carbocycles. The highest BCUT2D eigenvalue weighted by molar-refractivity contribution is 7.79. The van der Waals surface area contributed by atoms with Crippen molar-refractivity contribution in [3.05, 3.63) is 29.3 Å². The largest absolute Gasteiger partial charge is 0.472 e. The lowest BCUT2D eigenvalue weighted by molar-refractivity contribution is -0.0637. The van der Waals surface area contributed by atoms with Gasteiger partial charge in [-0.2, -0.15) is 4.98 Å². The van der Waals surface area contributed by atoms with Crippen LogP contribution >= 0.6 is 15.3 Å². The molecule has 0 aliphatic carbocycles. The molecule has 2 bridgehead atoms. The van der Waals surface area contributed by atoms with Crippen molar-refractivity contribution < 1.29 is 51.8 Å². The van der Waals surface area contributed by atoms with Gasteiger partial charge >= 0.3 is 7.82 Å². The van der Waals surface area contributed by atoms with E-state index < -0.39 is 90.7 Å². The van der Waals surface area contributed by atoms with Crippen LogP contribution in [-0.4, -0.2) is 112 Å². The molecule has 22 nitrogen and oxygen atoms in total. The minimum absolute atomic E-state index is 0.0671. The summed E-state index contributed by atoms with van der Waals surface area (Å²) in [6.07, 6.45) is -7.63. The highest BCUT2D eigenvalue weighted by atomic mass is 31.2. The Balaban J connectivity index is 1.21. The van der Waals surface area contributed by atoms with E-state index in [2.05, 4.69) is 29.9 Å². The van der Waals surface area contributed by atoms with E-state index in [4.69, 9.17) is 39.0 Å². The highest BCUT2D eigenvalue weighted by Crippen LogP contribution is 2.53. The summed E-state index contributed by atoms with van der Waals surface area (Å²) >= 11 is 0. The number of aliphatic hydroxyl groups excluding tert-OH is 2. The molecular weight excluding hydrogens is 645 g/mol. The number of anilines is 2. The molecule has 0 radical (unpaired) electrons. The molecule has 0 spiro atoms. The quantitative estimate of drug-likeness (QED) is 0.0915. The third-order valence-electron chi connectivity index (χ3n) is 7.22. The number of phosphoric ester groups is 1. The van der Waals surface area contributed by atoms with E-state index >= 15 is 0 Å². The molecule has 3 aliphatic rings. The fraction of sp³-hybridized carbons (Fsp3) is 0.500. The molecule has 25 heteroatoms. The minimum Gasteiger partial charge on any atom is -0.387 e. The Kier molecular flexibility index (Phi) is 7.34. The summed E-state index contributed by atoms with van der Waals surface area (Å²) in [5.74, 6) is -0.159. The molecule has 3 fully saturated rings. The Morgan fingerprint density at radius 1 is 0.889 bits per heavy atom. The zero-order chi connectivity index (χ0) is 31.8. The summed E-state index contributed by atoms with van der Waals surface area (Å²) in [5.41, 5.74) is 11.2. The second-order valence-electron chi connectivity index (χ2n) is 9.89. The molecule has 4 aromatic heterocycles. The summed E-state index contributed by atoms with van der Waals surface area (Å²) < 4.78 is 63.4. The van der Waals surface area contributed by atoms with Gasteiger partial charge in [-0.1, -0.05) is 0 Å². The van der Waals surface area contributed by atoms with E-state index in [1.807, 2.05) is 0 Å². The normalized spacial score (nSPS) is 37.7. The Hall–Kier alpha value is -3.34. The number of imidazole rings is 2. The van der Waals surface area contributed by atoms with E-state index in [0.717, 1.165) is 6.33 Å². The number of H-pyrrole nitrogens is 1. The number of nitrogens with one attached hydrogen (secondary N) is 1. The number of aromatic nitrogens is 8. The van der Waals surface area contributed by atoms with Crippen LogP contribution < -0.4 is 17.0 Å². The van der Waals surface area contributed by atoms with Crippen LogP contribution in [0, 0.1) is 0 Å². The van der Waals surface area contributed by atoms with Gasteiger partial charge in [0.15, 0.2) is 35.1 Å². The molecule has 0 amide bonds. The zero-order valence-electron chi connectivity index (χ0n) is 22.0. The van der Waals surface area contributed by atoms with Crippen molar-refractivity contribution in [2.24, 2.45) is 0 Å². The number of hydrogen-bond donors (Lipinski definition) is 6. The number of nitrogens with two attached hydrogens (primary N) is 2. The smallest absolute Gasteiger partial charge is 0.387 e. The van der Waals surface area contributed by atoms with Crippen molar-refractivity contribution in [2.75, 3.05) is 24.7 Å². The van der Waals surface area contributed by atoms with Crippen molar-refractivity contribution in [3.63, 3.8) is 0 Å². The molecular formula is C20H26BN10O12P2-. The van der Waals surface area contributed by atoms with Gasteiger partial charge in [0.2, 0.25) is 5.95 Å². The molecule has 3 saturated heterocycles. The number of aliphatic hydroxyl groups is 2. The van der Waals surface area contributed by atoms with Gasteiger partial charge in [-0.05, 0) is 0 Å². The highest BCUT2D eigenvalue weighted by Gasteiger charge is 2.52. The Morgan fingerprint density at radius 2 is 1.58 bits per heavy atom. The van der Waals surface area contributed by atoms with E-state index in [-0.39, 0.29) is 34.1 Å². The van der Waals surface area contributed by atoms with Crippen molar-refractivity contribution in [2.45, 2.75) is 49.1 Å². The number of nitrogen functional groups attached to an aromatic ring is 2. The number of rotatable bonds is 2. The van der Waals surface area contributed by atoms with Crippen molar-refractivity contribution >= 4 is 57.0 Å². The molecule has 7 heterocycles. The molecule has 242 valence electrons. The van der Waals surface area contributed by atoms with Gasteiger partial charge in [0.05, 0.1) is 33.4 Å². The molecule has 45 heavy (non-hydrogen) atoms. The molecule has 7 rings (SSSR count). The van der Waals surface area contributed by atoms with Crippen LogP contribution in [0.1, 0.15) is 12.5 Å². The third-order valence-corrected chi connectivity index (χ3v) is 8.98. The number of phosphoric acid groups is 1. The number of nitrogens with zero attached hydrogens (tertiary/aromatic N) is 7. The first-order valence-electron chi connectivity index (χ1n) is 12.8. The number of aromatic amines is 1. The first-order chi connectivity index (χ1) is 21.3. The van der Waals surface area contributed by atoms with Crippen LogP contribution in [0.3, 0.4) is 0 Å². The molecule has 3 aliphatic heterocycles. The lowest BCUT2D eigenvalue weighted by Crippen LogP contribution is -2.36. The number of hydrogen-bond acceptors (Lipinski definition) is 18. The van der Waals surface area contributed by atoms with Crippen molar-refractivity contribution in [1.29, 1.82) is 0 Å². The first-order valence-corrected chi connectivity index (χ1v) is 15.3. The van der Waals surface area contributed by atoms with Crippen LogP contribution in [-0.2, 0) is 36.7 Å². The van der Waals surface area contributed by atoms with Crippen LogP contribution in [0.2, 0.25) is 0 Å². The van der Waals surface area contributed by atoms with Gasteiger partial charge in [0.1, 0.15) is 55.9 Å². The molecule has 4 unspecified atom stereocenters. The molecule has 0 saturated carbocycles. The van der Waals surface area contributed by atoms with Gasteiger partial charge < -0.3 is 49.7 Å². The van der Waals surface area contributed by atoms with Gasteiger partial charge in [-0.15, -0.1) is 0 Å². The van der Waals surface area contributed by atoms with Crippen molar-refractivity contribution in [1.82, 2.24) is 39.0 Å². The molecule has 4 aromatic rings. The lowest BCUT2D eigenvalue weighted by atomic mass is 10.1. The zero-order valence-corrected chi connectivity index (χ0v) is 23.7. The second kappa shape index (κ2) is 10.9. The van der Waals surface area contributed by atoms with Crippen molar-refractivity contribution in [3.8, 4) is 0 Å². The van der Waals surface area contributed by atoms with Crippen LogP contribution in [0.4, 0.5) is 11.8 Å². The van der Waals surface area contributed by atoms with Gasteiger partial charge in [0, 0.05) is 0 Å². The van der Waals surface area contributed by atoms with Gasteiger partial charge in [-0.25, -0.2) is 24.5 Å². The second-order valence-corrected chi connectivity index (χ2v) is 12.2. The predicted molar refractivity (Wildman–Crippen MR) is 151 cm³/mol. The first kappa shape index (κ1) is 30.3. The third kappa shape index (κ3) is 5.34. The Labute approximate surface area is 251 Å². The van der Waals surface area contributed by atoms with Gasteiger partial charge in [-0.3, -0.25) is 28.0 Å². The summed E-state index contributed by atoms with van der Waals surface area (Å²) in [6, 6.07) is 0. The van der Waals surface area contributed by atoms with E-state index in [0.29, 0.717) is 0 Å². The topological polar surface area (TPSA) is 309 Å². The maximum absolute atomic E-state index is 13.6. The number of ether oxygens (including phenoxy) is 2. The number of fused-ring (bicyclic) bond motifs is 5. The monoisotopic (exact) mass is 671 g/mol. The average molecular weight is 671 g/mol.